The van der Waals surface area contributed by atoms with Gasteiger partial charge in [0.25, 0.3) is 5.56 Å². The van der Waals surface area contributed by atoms with E-state index in [1.807, 2.05) is 6.20 Å². The van der Waals surface area contributed by atoms with Crippen molar-refractivity contribution in [2.45, 2.75) is 39.3 Å². The standard InChI is InChI=1S/C28H31N5O2/c1-18-11-19(2)13-20(12-18)24-14-30-27-26(25(24)16-32(3)15-21-5-4-10-29-21)28(35)33(17-31-27)22-6-8-23(34)9-7-22/h6-9,11-14,17,21,29,34H,4-5,10,15-16H2,1-3H3/t21-/m0/s1. The van der Waals surface area contributed by atoms with Gasteiger partial charge in [-0.05, 0) is 75.7 Å². The van der Waals surface area contributed by atoms with E-state index < -0.39 is 0 Å². The Kier molecular flexibility index (Phi) is 6.36. The quantitative estimate of drug-likeness (QED) is 0.445. The number of likely N-dealkylation sites (N-methyl/N-ethyl adjacent to an activating group) is 1. The van der Waals surface area contributed by atoms with E-state index in [4.69, 9.17) is 0 Å². The number of rotatable bonds is 6. The van der Waals surface area contributed by atoms with Gasteiger partial charge < -0.3 is 15.3 Å². The molecule has 1 saturated heterocycles. The molecular formula is C28H31N5O2. The minimum atomic E-state index is -0.165. The van der Waals surface area contributed by atoms with E-state index in [0.717, 1.165) is 29.8 Å². The molecule has 180 valence electrons. The summed E-state index contributed by atoms with van der Waals surface area (Å²) in [5.74, 6) is 0.150. The molecule has 7 heteroatoms. The molecule has 2 N–H and O–H groups in total. The molecule has 0 unspecified atom stereocenters. The Balaban J connectivity index is 1.69. The summed E-state index contributed by atoms with van der Waals surface area (Å²) in [6.45, 7) is 6.74. The van der Waals surface area contributed by atoms with Crippen LogP contribution in [0.5, 0.6) is 5.75 Å². The lowest BCUT2D eigenvalue weighted by Crippen LogP contribution is -2.35. The van der Waals surface area contributed by atoms with Gasteiger partial charge >= 0.3 is 0 Å². The Morgan fingerprint density at radius 3 is 2.54 bits per heavy atom. The molecule has 3 heterocycles. The first-order valence-corrected chi connectivity index (χ1v) is 12.1. The van der Waals surface area contributed by atoms with Crippen LogP contribution >= 0.6 is 0 Å². The third-order valence-corrected chi connectivity index (χ3v) is 6.68. The predicted octanol–water partition coefficient (Wildman–Crippen LogP) is 3.95. The van der Waals surface area contributed by atoms with E-state index in [2.05, 4.69) is 59.3 Å². The number of pyridine rings is 1. The number of nitrogens with one attached hydrogen (secondary N) is 1. The first-order chi connectivity index (χ1) is 16.9. The zero-order chi connectivity index (χ0) is 24.5. The number of fused-ring (bicyclic) bond motifs is 1. The first-order valence-electron chi connectivity index (χ1n) is 12.1. The van der Waals surface area contributed by atoms with Crippen LogP contribution in [0.15, 0.2) is 59.8 Å². The van der Waals surface area contributed by atoms with Crippen molar-refractivity contribution >= 4 is 11.0 Å². The van der Waals surface area contributed by atoms with E-state index in [1.165, 1.54) is 34.9 Å². The zero-order valence-corrected chi connectivity index (χ0v) is 20.5. The van der Waals surface area contributed by atoms with Crippen molar-refractivity contribution in [3.8, 4) is 22.6 Å². The van der Waals surface area contributed by atoms with E-state index in [1.54, 1.807) is 24.3 Å². The molecule has 1 aliphatic rings. The molecule has 0 spiro atoms. The van der Waals surface area contributed by atoms with Crippen LogP contribution in [0, 0.1) is 13.8 Å². The summed E-state index contributed by atoms with van der Waals surface area (Å²) in [7, 11) is 2.10. The fourth-order valence-corrected chi connectivity index (χ4v) is 5.11. The van der Waals surface area contributed by atoms with Gasteiger partial charge in [-0.15, -0.1) is 0 Å². The van der Waals surface area contributed by atoms with Gasteiger partial charge in [0.2, 0.25) is 0 Å². The molecule has 0 saturated carbocycles. The van der Waals surface area contributed by atoms with Gasteiger partial charge in [0, 0.05) is 30.9 Å². The van der Waals surface area contributed by atoms with Gasteiger partial charge in [-0.3, -0.25) is 9.36 Å². The Morgan fingerprint density at radius 1 is 1.11 bits per heavy atom. The molecule has 4 aromatic rings. The van der Waals surface area contributed by atoms with Crippen molar-refractivity contribution in [1.82, 2.24) is 24.8 Å². The SMILES string of the molecule is Cc1cc(C)cc(-c2cnc3ncn(-c4ccc(O)cc4)c(=O)c3c2CN(C)C[C@@H]2CCCN2)c1. The maximum absolute atomic E-state index is 13.9. The average Bonchev–Trinajstić information content (AvgIpc) is 3.32. The molecule has 0 aliphatic carbocycles. The van der Waals surface area contributed by atoms with Crippen LogP contribution in [0.25, 0.3) is 27.8 Å². The second-order valence-electron chi connectivity index (χ2n) is 9.65. The molecule has 0 bridgehead atoms. The van der Waals surface area contributed by atoms with E-state index in [-0.39, 0.29) is 11.3 Å². The Hall–Kier alpha value is -3.55. The number of nitrogens with zero attached hydrogens (tertiary/aromatic N) is 4. The van der Waals surface area contributed by atoms with Crippen LogP contribution < -0.4 is 10.9 Å². The van der Waals surface area contributed by atoms with Crippen molar-refractivity contribution in [3.05, 3.63) is 82.0 Å². The number of hydrogen-bond acceptors (Lipinski definition) is 6. The highest BCUT2D eigenvalue weighted by molar-refractivity contribution is 5.86. The third kappa shape index (κ3) is 4.83. The molecule has 1 fully saturated rings. The maximum atomic E-state index is 13.9. The largest absolute Gasteiger partial charge is 0.508 e. The van der Waals surface area contributed by atoms with Crippen molar-refractivity contribution in [2.75, 3.05) is 20.1 Å². The molecule has 1 atom stereocenters. The monoisotopic (exact) mass is 469 g/mol. The molecule has 2 aromatic carbocycles. The van der Waals surface area contributed by atoms with Gasteiger partial charge in [0.1, 0.15) is 12.1 Å². The maximum Gasteiger partial charge on any atom is 0.267 e. The summed E-state index contributed by atoms with van der Waals surface area (Å²) in [4.78, 5) is 25.3. The minimum absolute atomic E-state index is 0.150. The third-order valence-electron chi connectivity index (χ3n) is 6.68. The van der Waals surface area contributed by atoms with Gasteiger partial charge in [0.15, 0.2) is 5.65 Å². The lowest BCUT2D eigenvalue weighted by atomic mass is 9.96. The lowest BCUT2D eigenvalue weighted by molar-refractivity contribution is 0.294. The summed E-state index contributed by atoms with van der Waals surface area (Å²) in [5.41, 5.74) is 6.21. The molecule has 35 heavy (non-hydrogen) atoms. The molecule has 0 radical (unpaired) electrons. The smallest absolute Gasteiger partial charge is 0.267 e. The summed E-state index contributed by atoms with van der Waals surface area (Å²) in [6.07, 6.45) is 5.73. The van der Waals surface area contributed by atoms with Crippen molar-refractivity contribution < 1.29 is 5.11 Å². The normalized spacial score (nSPS) is 15.8. The van der Waals surface area contributed by atoms with Gasteiger partial charge in [0.05, 0.1) is 11.1 Å². The van der Waals surface area contributed by atoms with Gasteiger partial charge in [-0.1, -0.05) is 29.3 Å². The average molecular weight is 470 g/mol. The van der Waals surface area contributed by atoms with E-state index >= 15 is 0 Å². The van der Waals surface area contributed by atoms with Crippen LogP contribution in [0.1, 0.15) is 29.5 Å². The number of aromatic hydroxyl groups is 1. The van der Waals surface area contributed by atoms with Crippen molar-refractivity contribution in [1.29, 1.82) is 0 Å². The number of benzene rings is 2. The number of aromatic nitrogens is 3. The van der Waals surface area contributed by atoms with Crippen molar-refractivity contribution in [3.63, 3.8) is 0 Å². The van der Waals surface area contributed by atoms with E-state index in [0.29, 0.717) is 29.3 Å². The second-order valence-corrected chi connectivity index (χ2v) is 9.65. The molecule has 0 amide bonds. The highest BCUT2D eigenvalue weighted by Crippen LogP contribution is 2.30. The number of aryl methyl sites for hydroxylation is 2. The highest BCUT2D eigenvalue weighted by atomic mass is 16.3. The predicted molar refractivity (Wildman–Crippen MR) is 139 cm³/mol. The summed E-state index contributed by atoms with van der Waals surface area (Å²) in [6, 6.07) is 13.5. The van der Waals surface area contributed by atoms with E-state index in [9.17, 15) is 9.90 Å². The van der Waals surface area contributed by atoms with Crippen LogP contribution in [0.3, 0.4) is 0 Å². The fourth-order valence-electron chi connectivity index (χ4n) is 5.11. The van der Waals surface area contributed by atoms with Crippen LogP contribution in [0.2, 0.25) is 0 Å². The summed E-state index contributed by atoms with van der Waals surface area (Å²) in [5, 5.41) is 13.8. The molecule has 1 aliphatic heterocycles. The highest BCUT2D eigenvalue weighted by Gasteiger charge is 2.21. The van der Waals surface area contributed by atoms with Crippen LogP contribution in [0.4, 0.5) is 0 Å². The Bertz CT molecular complexity index is 1400. The number of phenols is 1. The number of phenolic OH excluding ortho intramolecular Hbond substituents is 1. The first kappa shape index (κ1) is 23.2. The lowest BCUT2D eigenvalue weighted by Gasteiger charge is -2.23. The van der Waals surface area contributed by atoms with Crippen molar-refractivity contribution in [2.24, 2.45) is 0 Å². The Labute approximate surface area is 205 Å². The van der Waals surface area contributed by atoms with Crippen LogP contribution in [-0.4, -0.2) is 50.7 Å². The molecule has 2 aromatic heterocycles. The van der Waals surface area contributed by atoms with Gasteiger partial charge in [-0.25, -0.2) is 9.97 Å². The molecular weight excluding hydrogens is 438 g/mol. The Morgan fingerprint density at radius 2 is 1.86 bits per heavy atom. The summed E-state index contributed by atoms with van der Waals surface area (Å²) < 4.78 is 1.52. The fraction of sp³-hybridized carbons (Fsp3) is 0.321. The number of hydrogen-bond donors (Lipinski definition) is 2. The van der Waals surface area contributed by atoms with Gasteiger partial charge in [-0.2, -0.15) is 0 Å². The van der Waals surface area contributed by atoms with Crippen LogP contribution in [-0.2, 0) is 6.54 Å². The minimum Gasteiger partial charge on any atom is -0.508 e. The topological polar surface area (TPSA) is 83.3 Å². The summed E-state index contributed by atoms with van der Waals surface area (Å²) >= 11 is 0. The zero-order valence-electron chi connectivity index (χ0n) is 20.5. The molecule has 7 nitrogen and oxygen atoms in total. The molecule has 5 rings (SSSR count). The second kappa shape index (κ2) is 9.60.